The molecule has 108 valence electrons. The lowest BCUT2D eigenvalue weighted by Crippen LogP contribution is -2.37. The molecule has 1 atom stereocenters. The average Bonchev–Trinajstić information content (AvgIpc) is 2.71. The van der Waals surface area contributed by atoms with E-state index in [1.807, 2.05) is 31.2 Å². The molecule has 1 aliphatic rings. The van der Waals surface area contributed by atoms with Crippen LogP contribution in [0.15, 0.2) is 24.3 Å². The van der Waals surface area contributed by atoms with Gasteiger partial charge in [-0.3, -0.25) is 9.59 Å². The fraction of sp³-hybridized carbons (Fsp3) is 0.467. The average molecular weight is 276 g/mol. The summed E-state index contributed by atoms with van der Waals surface area (Å²) in [5, 5.41) is 2.90. The number of carbonyl (C=O) groups excluding carboxylic acids is 2. The highest BCUT2D eigenvalue weighted by Crippen LogP contribution is 2.13. The SMILES string of the molecule is CCOc1ccc(CC(=O)NC2CC(=O)N(C)C2)cc1. The number of hydrogen-bond acceptors (Lipinski definition) is 3. The summed E-state index contributed by atoms with van der Waals surface area (Å²) in [7, 11) is 1.75. The molecule has 20 heavy (non-hydrogen) atoms. The van der Waals surface area contributed by atoms with Gasteiger partial charge in [0, 0.05) is 20.0 Å². The van der Waals surface area contributed by atoms with Gasteiger partial charge in [0.15, 0.2) is 0 Å². The predicted octanol–water partition coefficient (Wildman–Crippen LogP) is 0.975. The van der Waals surface area contributed by atoms with Crippen LogP contribution in [0.2, 0.25) is 0 Å². The first-order valence-electron chi connectivity index (χ1n) is 6.83. The molecule has 1 heterocycles. The second-order valence-corrected chi connectivity index (χ2v) is 5.00. The molecule has 1 aromatic rings. The molecule has 1 unspecified atom stereocenters. The van der Waals surface area contributed by atoms with Gasteiger partial charge in [-0.05, 0) is 24.6 Å². The van der Waals surface area contributed by atoms with Crippen LogP contribution in [0.4, 0.5) is 0 Å². The number of nitrogens with zero attached hydrogens (tertiary/aromatic N) is 1. The number of hydrogen-bond donors (Lipinski definition) is 1. The van der Waals surface area contributed by atoms with Gasteiger partial charge in [-0.1, -0.05) is 12.1 Å². The number of ether oxygens (including phenoxy) is 1. The summed E-state index contributed by atoms with van der Waals surface area (Å²) in [4.78, 5) is 24.9. The lowest BCUT2D eigenvalue weighted by Gasteiger charge is -2.12. The van der Waals surface area contributed by atoms with E-state index < -0.39 is 0 Å². The number of benzene rings is 1. The number of nitrogens with one attached hydrogen (secondary N) is 1. The first-order chi connectivity index (χ1) is 9.58. The van der Waals surface area contributed by atoms with E-state index in [9.17, 15) is 9.59 Å². The molecule has 5 nitrogen and oxygen atoms in total. The highest BCUT2D eigenvalue weighted by atomic mass is 16.5. The quantitative estimate of drug-likeness (QED) is 0.872. The molecule has 0 spiro atoms. The van der Waals surface area contributed by atoms with Crippen molar-refractivity contribution in [1.29, 1.82) is 0 Å². The van der Waals surface area contributed by atoms with Crippen LogP contribution >= 0.6 is 0 Å². The second kappa shape index (κ2) is 6.41. The third-order valence-corrected chi connectivity index (χ3v) is 3.31. The highest BCUT2D eigenvalue weighted by Gasteiger charge is 2.27. The Morgan fingerprint density at radius 1 is 1.40 bits per heavy atom. The van der Waals surface area contributed by atoms with Crippen molar-refractivity contribution in [2.45, 2.75) is 25.8 Å². The van der Waals surface area contributed by atoms with Crippen LogP contribution in [0.3, 0.4) is 0 Å². The molecule has 5 heteroatoms. The summed E-state index contributed by atoms with van der Waals surface area (Å²) < 4.78 is 5.35. The van der Waals surface area contributed by atoms with Gasteiger partial charge >= 0.3 is 0 Å². The fourth-order valence-electron chi connectivity index (χ4n) is 2.29. The van der Waals surface area contributed by atoms with Crippen molar-refractivity contribution in [2.24, 2.45) is 0 Å². The molecule has 1 aromatic carbocycles. The van der Waals surface area contributed by atoms with Crippen LogP contribution in [0, 0.1) is 0 Å². The Labute approximate surface area is 118 Å². The molecule has 0 aromatic heterocycles. The van der Waals surface area contributed by atoms with Gasteiger partial charge < -0.3 is 15.0 Å². The molecule has 0 radical (unpaired) electrons. The maximum atomic E-state index is 11.9. The van der Waals surface area contributed by atoms with Crippen molar-refractivity contribution >= 4 is 11.8 Å². The predicted molar refractivity (Wildman–Crippen MR) is 75.5 cm³/mol. The molecular weight excluding hydrogens is 256 g/mol. The van der Waals surface area contributed by atoms with Crippen LogP contribution in [0.1, 0.15) is 18.9 Å². The van der Waals surface area contributed by atoms with Crippen molar-refractivity contribution < 1.29 is 14.3 Å². The van der Waals surface area contributed by atoms with E-state index in [-0.39, 0.29) is 17.9 Å². The number of likely N-dealkylation sites (N-methyl/N-ethyl adjacent to an activating group) is 1. The van der Waals surface area contributed by atoms with Crippen molar-refractivity contribution in [3.8, 4) is 5.75 Å². The lowest BCUT2D eigenvalue weighted by molar-refractivity contribution is -0.126. The van der Waals surface area contributed by atoms with Crippen LogP contribution in [-0.2, 0) is 16.0 Å². The first kappa shape index (κ1) is 14.4. The van der Waals surface area contributed by atoms with Gasteiger partial charge in [0.05, 0.1) is 19.1 Å². The largest absolute Gasteiger partial charge is 0.494 e. The highest BCUT2D eigenvalue weighted by molar-refractivity contribution is 5.83. The second-order valence-electron chi connectivity index (χ2n) is 5.00. The molecule has 1 aliphatic heterocycles. The van der Waals surface area contributed by atoms with E-state index in [1.54, 1.807) is 11.9 Å². The Hall–Kier alpha value is -2.04. The molecule has 0 saturated carbocycles. The van der Waals surface area contributed by atoms with Gasteiger partial charge in [-0.2, -0.15) is 0 Å². The smallest absolute Gasteiger partial charge is 0.224 e. The van der Waals surface area contributed by atoms with Crippen molar-refractivity contribution in [3.05, 3.63) is 29.8 Å². The Balaban J connectivity index is 1.83. The van der Waals surface area contributed by atoms with E-state index in [1.165, 1.54) is 0 Å². The molecule has 1 N–H and O–H groups in total. The molecule has 0 aliphatic carbocycles. The van der Waals surface area contributed by atoms with Crippen molar-refractivity contribution in [2.75, 3.05) is 20.2 Å². The summed E-state index contributed by atoms with van der Waals surface area (Å²) >= 11 is 0. The summed E-state index contributed by atoms with van der Waals surface area (Å²) in [6.45, 7) is 3.15. The number of rotatable bonds is 5. The fourth-order valence-corrected chi connectivity index (χ4v) is 2.29. The number of carbonyl (C=O) groups is 2. The minimum atomic E-state index is -0.0669. The van der Waals surface area contributed by atoms with Gasteiger partial charge in [-0.25, -0.2) is 0 Å². The van der Waals surface area contributed by atoms with E-state index in [4.69, 9.17) is 4.74 Å². The first-order valence-corrected chi connectivity index (χ1v) is 6.83. The van der Waals surface area contributed by atoms with Gasteiger partial charge in [0.25, 0.3) is 0 Å². The molecule has 1 saturated heterocycles. The Bertz CT molecular complexity index is 484. The van der Waals surface area contributed by atoms with Crippen molar-refractivity contribution in [3.63, 3.8) is 0 Å². The normalized spacial score (nSPS) is 18.2. The van der Waals surface area contributed by atoms with Crippen molar-refractivity contribution in [1.82, 2.24) is 10.2 Å². The molecular formula is C15H20N2O3. The lowest BCUT2D eigenvalue weighted by atomic mass is 10.1. The zero-order valence-corrected chi connectivity index (χ0v) is 11.9. The van der Waals surface area contributed by atoms with Crippen LogP contribution in [0.5, 0.6) is 5.75 Å². The molecule has 2 amide bonds. The third kappa shape index (κ3) is 3.73. The van der Waals surface area contributed by atoms with E-state index >= 15 is 0 Å². The van der Waals surface area contributed by atoms with E-state index in [2.05, 4.69) is 5.32 Å². The number of likely N-dealkylation sites (tertiary alicyclic amines) is 1. The topological polar surface area (TPSA) is 58.6 Å². The summed E-state index contributed by atoms with van der Waals surface area (Å²) in [5.74, 6) is 0.832. The standard InChI is InChI=1S/C15H20N2O3/c1-3-20-13-6-4-11(5-7-13)8-14(18)16-12-9-15(19)17(2)10-12/h4-7,12H,3,8-10H2,1-2H3,(H,16,18). The Kier molecular flexibility index (Phi) is 4.61. The van der Waals surface area contributed by atoms with Gasteiger partial charge in [0.2, 0.25) is 11.8 Å². The summed E-state index contributed by atoms with van der Waals surface area (Å²) in [5.41, 5.74) is 0.934. The maximum absolute atomic E-state index is 11.9. The monoisotopic (exact) mass is 276 g/mol. The summed E-state index contributed by atoms with van der Waals surface area (Å²) in [6, 6.07) is 7.42. The minimum Gasteiger partial charge on any atom is -0.494 e. The van der Waals surface area contributed by atoms with Gasteiger partial charge in [-0.15, -0.1) is 0 Å². The van der Waals surface area contributed by atoms with E-state index in [0.717, 1.165) is 11.3 Å². The molecule has 1 fully saturated rings. The van der Waals surface area contributed by atoms with E-state index in [0.29, 0.717) is 26.0 Å². The maximum Gasteiger partial charge on any atom is 0.224 e. The molecule has 2 rings (SSSR count). The zero-order valence-electron chi connectivity index (χ0n) is 11.9. The Morgan fingerprint density at radius 2 is 2.10 bits per heavy atom. The Morgan fingerprint density at radius 3 is 2.65 bits per heavy atom. The number of amides is 2. The van der Waals surface area contributed by atoms with Gasteiger partial charge in [0.1, 0.15) is 5.75 Å². The zero-order chi connectivity index (χ0) is 14.5. The summed E-state index contributed by atoms with van der Waals surface area (Å²) in [6.07, 6.45) is 0.715. The minimum absolute atomic E-state index is 0.0535. The van der Waals surface area contributed by atoms with Crippen LogP contribution in [-0.4, -0.2) is 43.0 Å². The van der Waals surface area contributed by atoms with Crippen LogP contribution < -0.4 is 10.1 Å². The molecule has 0 bridgehead atoms. The van der Waals surface area contributed by atoms with Crippen LogP contribution in [0.25, 0.3) is 0 Å². The third-order valence-electron chi connectivity index (χ3n) is 3.31.